The third-order valence-corrected chi connectivity index (χ3v) is 7.90. The second-order valence-electron chi connectivity index (χ2n) is 7.91. The molecule has 3 aromatic carbocycles. The number of thioether (sulfide) groups is 1. The van der Waals surface area contributed by atoms with E-state index in [-0.39, 0.29) is 30.2 Å². The van der Waals surface area contributed by atoms with Crippen molar-refractivity contribution < 1.29 is 19.1 Å². The zero-order valence-corrected chi connectivity index (χ0v) is 25.0. The lowest BCUT2D eigenvalue weighted by Gasteiger charge is -2.13. The van der Waals surface area contributed by atoms with Crippen molar-refractivity contribution in [3.05, 3.63) is 94.8 Å². The number of carbonyl (C=O) groups is 3. The summed E-state index contributed by atoms with van der Waals surface area (Å²) >= 11 is 10.1. The van der Waals surface area contributed by atoms with Gasteiger partial charge in [-0.3, -0.25) is 19.3 Å². The Morgan fingerprint density at radius 3 is 2.44 bits per heavy atom. The molecule has 0 unspecified atom stereocenters. The Kier molecular flexibility index (Phi) is 8.91. The van der Waals surface area contributed by atoms with Crippen molar-refractivity contribution in [1.29, 1.82) is 0 Å². The SMILES string of the molecule is Cc1cccc(NC(=O)COc2c(Br)cc(/C=C3\SC(=O)N(Cc4ccc(I)cc4)C3=O)cc2Br)c1. The minimum Gasteiger partial charge on any atom is -0.481 e. The molecule has 0 aromatic heterocycles. The van der Waals surface area contributed by atoms with Crippen LogP contribution in [-0.4, -0.2) is 28.6 Å². The average Bonchev–Trinajstić information content (AvgIpc) is 3.07. The Balaban J connectivity index is 1.43. The van der Waals surface area contributed by atoms with Crippen LogP contribution in [0.25, 0.3) is 6.08 Å². The van der Waals surface area contributed by atoms with Crippen LogP contribution in [0.15, 0.2) is 74.5 Å². The smallest absolute Gasteiger partial charge is 0.293 e. The molecule has 0 radical (unpaired) electrons. The van der Waals surface area contributed by atoms with E-state index in [1.807, 2.05) is 55.5 Å². The molecule has 1 heterocycles. The van der Waals surface area contributed by atoms with Gasteiger partial charge in [0, 0.05) is 9.26 Å². The maximum absolute atomic E-state index is 12.9. The topological polar surface area (TPSA) is 75.7 Å². The van der Waals surface area contributed by atoms with E-state index in [0.29, 0.717) is 30.9 Å². The molecule has 3 amide bonds. The summed E-state index contributed by atoms with van der Waals surface area (Å²) in [5.41, 5.74) is 3.33. The van der Waals surface area contributed by atoms with Crippen molar-refractivity contribution >= 4 is 95.0 Å². The quantitative estimate of drug-likeness (QED) is 0.202. The van der Waals surface area contributed by atoms with Crippen LogP contribution in [-0.2, 0) is 16.1 Å². The highest BCUT2D eigenvalue weighted by Gasteiger charge is 2.35. The number of amides is 3. The van der Waals surface area contributed by atoms with Gasteiger partial charge in [-0.15, -0.1) is 0 Å². The van der Waals surface area contributed by atoms with E-state index in [1.54, 1.807) is 18.2 Å². The number of aryl methyl sites for hydroxylation is 1. The minimum atomic E-state index is -0.330. The molecule has 1 aliphatic rings. The first-order valence-corrected chi connectivity index (χ1v) is 14.2. The highest BCUT2D eigenvalue weighted by atomic mass is 127. The summed E-state index contributed by atoms with van der Waals surface area (Å²) in [5.74, 6) is -0.160. The second-order valence-corrected chi connectivity index (χ2v) is 11.9. The summed E-state index contributed by atoms with van der Waals surface area (Å²) < 4.78 is 8.01. The van der Waals surface area contributed by atoms with Crippen molar-refractivity contribution in [2.45, 2.75) is 13.5 Å². The fourth-order valence-electron chi connectivity index (χ4n) is 3.42. The van der Waals surface area contributed by atoms with Crippen molar-refractivity contribution in [3.63, 3.8) is 0 Å². The summed E-state index contributed by atoms with van der Waals surface area (Å²) in [6.45, 7) is 2.00. The fourth-order valence-corrected chi connectivity index (χ4v) is 6.07. The van der Waals surface area contributed by atoms with Gasteiger partial charge < -0.3 is 10.1 Å². The van der Waals surface area contributed by atoms with E-state index in [0.717, 1.165) is 26.5 Å². The minimum absolute atomic E-state index is 0.179. The molecule has 3 aromatic rings. The molecular formula is C26H19Br2IN2O4S. The van der Waals surface area contributed by atoms with Gasteiger partial charge in [-0.1, -0.05) is 24.3 Å². The van der Waals surface area contributed by atoms with Gasteiger partial charge in [-0.25, -0.2) is 0 Å². The summed E-state index contributed by atoms with van der Waals surface area (Å²) in [6, 6.07) is 18.7. The van der Waals surface area contributed by atoms with Gasteiger partial charge in [0.2, 0.25) is 0 Å². The predicted octanol–water partition coefficient (Wildman–Crippen LogP) is 7.38. The molecule has 1 aliphatic heterocycles. The number of imide groups is 1. The van der Waals surface area contributed by atoms with Crippen molar-refractivity contribution in [2.75, 3.05) is 11.9 Å². The summed E-state index contributed by atoms with van der Waals surface area (Å²) in [5, 5.41) is 2.50. The van der Waals surface area contributed by atoms with Crippen LogP contribution in [0.2, 0.25) is 0 Å². The normalized spacial score (nSPS) is 14.4. The van der Waals surface area contributed by atoms with Gasteiger partial charge in [0.1, 0.15) is 5.75 Å². The van der Waals surface area contributed by atoms with E-state index in [9.17, 15) is 14.4 Å². The maximum atomic E-state index is 12.9. The molecule has 1 fully saturated rings. The number of carbonyl (C=O) groups excluding carboxylic acids is 3. The first kappa shape index (κ1) is 26.9. The molecule has 0 aliphatic carbocycles. The van der Waals surface area contributed by atoms with Gasteiger partial charge in [0.05, 0.1) is 20.4 Å². The van der Waals surface area contributed by atoms with Gasteiger partial charge in [-0.2, -0.15) is 0 Å². The lowest BCUT2D eigenvalue weighted by molar-refractivity contribution is -0.123. The Bertz CT molecular complexity index is 1360. The van der Waals surface area contributed by atoms with E-state index >= 15 is 0 Å². The number of rotatable bonds is 7. The number of benzene rings is 3. The molecule has 10 heteroatoms. The Morgan fingerprint density at radius 2 is 1.78 bits per heavy atom. The molecule has 184 valence electrons. The molecule has 6 nitrogen and oxygen atoms in total. The lowest BCUT2D eigenvalue weighted by atomic mass is 10.2. The molecule has 1 N–H and O–H groups in total. The molecule has 0 bridgehead atoms. The number of anilines is 1. The van der Waals surface area contributed by atoms with E-state index in [1.165, 1.54) is 4.90 Å². The van der Waals surface area contributed by atoms with Crippen LogP contribution in [0, 0.1) is 10.5 Å². The number of ether oxygens (including phenoxy) is 1. The van der Waals surface area contributed by atoms with Gasteiger partial charge >= 0.3 is 0 Å². The fraction of sp³-hybridized carbons (Fsp3) is 0.115. The highest BCUT2D eigenvalue weighted by molar-refractivity contribution is 14.1. The first-order valence-electron chi connectivity index (χ1n) is 10.7. The van der Waals surface area contributed by atoms with Crippen LogP contribution < -0.4 is 10.1 Å². The highest BCUT2D eigenvalue weighted by Crippen LogP contribution is 2.38. The van der Waals surface area contributed by atoms with E-state index < -0.39 is 0 Å². The third-order valence-electron chi connectivity index (χ3n) is 5.10. The number of halogens is 3. The maximum Gasteiger partial charge on any atom is 0.293 e. The zero-order chi connectivity index (χ0) is 25.8. The number of hydrogen-bond donors (Lipinski definition) is 1. The molecule has 0 spiro atoms. The van der Waals surface area contributed by atoms with Crippen LogP contribution in [0.5, 0.6) is 5.75 Å². The zero-order valence-electron chi connectivity index (χ0n) is 18.9. The Hall–Kier alpha value is -2.15. The molecular weight excluding hydrogens is 723 g/mol. The van der Waals surface area contributed by atoms with Crippen molar-refractivity contribution in [3.8, 4) is 5.75 Å². The summed E-state index contributed by atoms with van der Waals surface area (Å²) in [7, 11) is 0. The molecule has 0 saturated carbocycles. The number of nitrogens with zero attached hydrogens (tertiary/aromatic N) is 1. The van der Waals surface area contributed by atoms with Crippen LogP contribution in [0.1, 0.15) is 16.7 Å². The molecule has 1 saturated heterocycles. The summed E-state index contributed by atoms with van der Waals surface area (Å²) in [4.78, 5) is 39.3. The number of nitrogens with one attached hydrogen (secondary N) is 1. The average molecular weight is 742 g/mol. The first-order chi connectivity index (χ1) is 17.2. The van der Waals surface area contributed by atoms with Crippen LogP contribution in [0.4, 0.5) is 10.5 Å². The largest absolute Gasteiger partial charge is 0.481 e. The Morgan fingerprint density at radius 1 is 1.08 bits per heavy atom. The standard InChI is InChI=1S/C26H19Br2IN2O4S/c1-15-3-2-4-19(9-15)30-23(32)14-35-24-20(27)10-17(11-21(24)28)12-22-25(33)31(26(34)36-22)13-16-5-7-18(29)8-6-16/h2-12H,13-14H2,1H3,(H,30,32)/b22-12-. The van der Waals surface area contributed by atoms with Crippen LogP contribution >= 0.6 is 66.2 Å². The van der Waals surface area contributed by atoms with Crippen molar-refractivity contribution in [1.82, 2.24) is 4.90 Å². The molecule has 0 atom stereocenters. The van der Waals surface area contributed by atoms with Gasteiger partial charge in [-0.05, 0) is 132 Å². The third kappa shape index (κ3) is 6.78. The number of hydrogen-bond acceptors (Lipinski definition) is 5. The monoisotopic (exact) mass is 740 g/mol. The summed E-state index contributed by atoms with van der Waals surface area (Å²) in [6.07, 6.45) is 1.67. The van der Waals surface area contributed by atoms with E-state index in [4.69, 9.17) is 4.74 Å². The Labute approximate surface area is 243 Å². The van der Waals surface area contributed by atoms with Gasteiger partial charge in [0.25, 0.3) is 17.1 Å². The van der Waals surface area contributed by atoms with Gasteiger partial charge in [0.15, 0.2) is 6.61 Å². The second kappa shape index (κ2) is 11.9. The molecule has 4 rings (SSSR count). The molecule has 36 heavy (non-hydrogen) atoms. The predicted molar refractivity (Wildman–Crippen MR) is 158 cm³/mol. The lowest BCUT2D eigenvalue weighted by Crippen LogP contribution is -2.27. The van der Waals surface area contributed by atoms with Crippen molar-refractivity contribution in [2.24, 2.45) is 0 Å². The van der Waals surface area contributed by atoms with E-state index in [2.05, 4.69) is 59.8 Å². The van der Waals surface area contributed by atoms with Crippen LogP contribution in [0.3, 0.4) is 0 Å².